The Kier molecular flexibility index (Phi) is 4.28. The summed E-state index contributed by atoms with van der Waals surface area (Å²) >= 11 is 1.57. The number of amides is 1. The van der Waals surface area contributed by atoms with Gasteiger partial charge in [-0.15, -0.1) is 11.3 Å². The van der Waals surface area contributed by atoms with E-state index in [1.807, 2.05) is 35.7 Å². The molecule has 0 aliphatic heterocycles. The summed E-state index contributed by atoms with van der Waals surface area (Å²) in [7, 11) is 3.31. The zero-order valence-corrected chi connectivity index (χ0v) is 12.0. The second kappa shape index (κ2) is 6.13. The third-order valence-corrected chi connectivity index (χ3v) is 3.80. The zero-order valence-electron chi connectivity index (χ0n) is 11.2. The van der Waals surface area contributed by atoms with E-state index >= 15 is 0 Å². The van der Waals surface area contributed by atoms with Gasteiger partial charge >= 0.3 is 5.91 Å². The number of ether oxygens (including phenoxy) is 1. The van der Waals surface area contributed by atoms with Crippen LogP contribution in [0, 0.1) is 12.0 Å². The van der Waals surface area contributed by atoms with Gasteiger partial charge in [0.1, 0.15) is 5.75 Å². The fraction of sp³-hybridized carbons (Fsp3) is 0.133. The van der Waals surface area contributed by atoms with E-state index in [1.54, 1.807) is 25.5 Å². The monoisotopic (exact) mass is 286 g/mol. The van der Waals surface area contributed by atoms with E-state index in [1.165, 1.54) is 4.90 Å². The fourth-order valence-electron chi connectivity index (χ4n) is 1.67. The van der Waals surface area contributed by atoms with E-state index in [-0.39, 0.29) is 5.91 Å². The zero-order chi connectivity index (χ0) is 14.5. The summed E-state index contributed by atoms with van der Waals surface area (Å²) in [5, 5.41) is 1.91. The quantitative estimate of drug-likeness (QED) is 0.696. The summed E-state index contributed by atoms with van der Waals surface area (Å²) in [4.78, 5) is 14.2. The first-order valence-corrected chi connectivity index (χ1v) is 6.76. The molecule has 0 fully saturated rings. The summed E-state index contributed by atoms with van der Waals surface area (Å²) in [6.45, 7) is 0. The SMILES string of the molecule is COc1ccc(-c2cc(N(C)C(=O)C#CN)cs2)cc1. The van der Waals surface area contributed by atoms with Gasteiger partial charge in [-0.25, -0.2) is 0 Å². The van der Waals surface area contributed by atoms with Crippen LogP contribution in [0.5, 0.6) is 5.75 Å². The molecule has 0 atom stereocenters. The van der Waals surface area contributed by atoms with E-state index in [4.69, 9.17) is 10.5 Å². The minimum atomic E-state index is -0.327. The number of thiophene rings is 1. The van der Waals surface area contributed by atoms with Gasteiger partial charge < -0.3 is 15.4 Å². The molecule has 1 aromatic heterocycles. The van der Waals surface area contributed by atoms with Gasteiger partial charge in [0, 0.05) is 29.3 Å². The number of anilines is 1. The van der Waals surface area contributed by atoms with Crippen molar-refractivity contribution in [2.45, 2.75) is 0 Å². The van der Waals surface area contributed by atoms with Crippen LogP contribution in [0.15, 0.2) is 35.7 Å². The predicted molar refractivity (Wildman–Crippen MR) is 81.7 cm³/mol. The minimum Gasteiger partial charge on any atom is -0.497 e. The lowest BCUT2D eigenvalue weighted by Gasteiger charge is -2.10. The Labute approximate surface area is 121 Å². The smallest absolute Gasteiger partial charge is 0.304 e. The van der Waals surface area contributed by atoms with Gasteiger partial charge in [-0.05, 0) is 35.9 Å². The van der Waals surface area contributed by atoms with Crippen molar-refractivity contribution in [3.8, 4) is 28.2 Å². The van der Waals surface area contributed by atoms with Crippen molar-refractivity contribution < 1.29 is 9.53 Å². The highest BCUT2D eigenvalue weighted by Gasteiger charge is 2.11. The van der Waals surface area contributed by atoms with Crippen LogP contribution in [-0.4, -0.2) is 20.1 Å². The van der Waals surface area contributed by atoms with Crippen LogP contribution >= 0.6 is 11.3 Å². The summed E-state index contributed by atoms with van der Waals surface area (Å²) < 4.78 is 5.13. The number of nitrogens with zero attached hydrogens (tertiary/aromatic N) is 1. The maximum absolute atomic E-state index is 11.6. The molecule has 2 rings (SSSR count). The standard InChI is InChI=1S/C15H14N2O2S/c1-17(15(18)7-8-16)12-9-14(20-10-12)11-3-5-13(19-2)6-4-11/h3-6,9-10H,16H2,1-2H3. The van der Waals surface area contributed by atoms with Crippen molar-refractivity contribution >= 4 is 22.9 Å². The van der Waals surface area contributed by atoms with Crippen LogP contribution < -0.4 is 15.4 Å². The molecule has 0 aliphatic rings. The number of nitrogens with two attached hydrogens (primary N) is 1. The third kappa shape index (κ3) is 2.92. The topological polar surface area (TPSA) is 55.6 Å². The highest BCUT2D eigenvalue weighted by atomic mass is 32.1. The first-order chi connectivity index (χ1) is 9.65. The molecule has 20 heavy (non-hydrogen) atoms. The molecule has 0 spiro atoms. The van der Waals surface area contributed by atoms with E-state index in [9.17, 15) is 4.79 Å². The number of hydrogen-bond donors (Lipinski definition) is 1. The van der Waals surface area contributed by atoms with Crippen molar-refractivity contribution in [1.82, 2.24) is 0 Å². The molecule has 1 amide bonds. The third-order valence-electron chi connectivity index (χ3n) is 2.83. The molecule has 5 heteroatoms. The average Bonchev–Trinajstić information content (AvgIpc) is 2.96. The Morgan fingerprint density at radius 1 is 1.35 bits per heavy atom. The number of rotatable bonds is 3. The van der Waals surface area contributed by atoms with Gasteiger partial charge in [0.05, 0.1) is 12.8 Å². The summed E-state index contributed by atoms with van der Waals surface area (Å²) in [5.41, 5.74) is 6.93. The summed E-state index contributed by atoms with van der Waals surface area (Å²) in [6, 6.07) is 11.8. The molecule has 0 aliphatic carbocycles. The van der Waals surface area contributed by atoms with Crippen LogP contribution in [0.1, 0.15) is 0 Å². The van der Waals surface area contributed by atoms with Crippen LogP contribution in [-0.2, 0) is 4.79 Å². The summed E-state index contributed by atoms with van der Waals surface area (Å²) in [5.74, 6) is 2.80. The molecule has 0 saturated carbocycles. The van der Waals surface area contributed by atoms with Gasteiger partial charge in [0.2, 0.25) is 0 Å². The van der Waals surface area contributed by atoms with Crippen LogP contribution in [0.3, 0.4) is 0 Å². The van der Waals surface area contributed by atoms with Crippen LogP contribution in [0.25, 0.3) is 10.4 Å². The first-order valence-electron chi connectivity index (χ1n) is 5.88. The Morgan fingerprint density at radius 3 is 2.65 bits per heavy atom. The fourth-order valence-corrected chi connectivity index (χ4v) is 2.61. The largest absolute Gasteiger partial charge is 0.497 e. The lowest BCUT2D eigenvalue weighted by molar-refractivity contribution is -0.113. The minimum absolute atomic E-state index is 0.327. The van der Waals surface area contributed by atoms with Gasteiger partial charge in [0.25, 0.3) is 0 Å². The average molecular weight is 286 g/mol. The molecule has 1 heterocycles. The highest BCUT2D eigenvalue weighted by Crippen LogP contribution is 2.32. The van der Waals surface area contributed by atoms with Crippen molar-refractivity contribution in [3.05, 3.63) is 35.7 Å². The molecule has 0 bridgehead atoms. The van der Waals surface area contributed by atoms with Gasteiger partial charge in [-0.1, -0.05) is 0 Å². The van der Waals surface area contributed by atoms with Crippen molar-refractivity contribution in [2.75, 3.05) is 19.1 Å². The lowest BCUT2D eigenvalue weighted by atomic mass is 10.2. The number of methoxy groups -OCH3 is 1. The Morgan fingerprint density at radius 2 is 2.05 bits per heavy atom. The molecular formula is C15H14N2O2S. The Bertz CT molecular complexity index is 665. The first kappa shape index (κ1) is 14.0. The van der Waals surface area contributed by atoms with Crippen molar-refractivity contribution in [1.29, 1.82) is 0 Å². The van der Waals surface area contributed by atoms with Crippen molar-refractivity contribution in [3.63, 3.8) is 0 Å². The van der Waals surface area contributed by atoms with E-state index < -0.39 is 0 Å². The maximum atomic E-state index is 11.6. The molecule has 2 aromatic rings. The number of benzene rings is 1. The molecule has 0 saturated heterocycles. The predicted octanol–water partition coefficient (Wildman–Crippen LogP) is 2.31. The maximum Gasteiger partial charge on any atom is 0.304 e. The van der Waals surface area contributed by atoms with E-state index in [0.29, 0.717) is 0 Å². The lowest BCUT2D eigenvalue weighted by Crippen LogP contribution is -2.24. The van der Waals surface area contributed by atoms with Crippen LogP contribution in [0.2, 0.25) is 0 Å². The molecule has 0 radical (unpaired) electrons. The Balaban J connectivity index is 2.23. The molecular weight excluding hydrogens is 272 g/mol. The van der Waals surface area contributed by atoms with E-state index in [2.05, 4.69) is 12.0 Å². The Hall–Kier alpha value is -2.45. The normalized spacial score (nSPS) is 9.50. The molecule has 102 valence electrons. The van der Waals surface area contributed by atoms with Crippen LogP contribution in [0.4, 0.5) is 5.69 Å². The van der Waals surface area contributed by atoms with Gasteiger partial charge in [-0.3, -0.25) is 4.79 Å². The van der Waals surface area contributed by atoms with Gasteiger partial charge in [0.15, 0.2) is 0 Å². The highest BCUT2D eigenvalue weighted by molar-refractivity contribution is 7.14. The number of hydrogen-bond acceptors (Lipinski definition) is 4. The molecule has 1 aromatic carbocycles. The van der Waals surface area contributed by atoms with E-state index in [0.717, 1.165) is 21.9 Å². The molecule has 4 nitrogen and oxygen atoms in total. The second-order valence-corrected chi connectivity index (χ2v) is 4.94. The molecule has 2 N–H and O–H groups in total. The number of carbonyl (C=O) groups is 1. The summed E-state index contributed by atoms with van der Waals surface area (Å²) in [6.07, 6.45) is 0. The number of carbonyl (C=O) groups excluding carboxylic acids is 1. The van der Waals surface area contributed by atoms with Gasteiger partial charge in [-0.2, -0.15) is 0 Å². The van der Waals surface area contributed by atoms with Crippen molar-refractivity contribution in [2.24, 2.45) is 5.73 Å². The second-order valence-electron chi connectivity index (χ2n) is 4.03. The molecule has 0 unspecified atom stereocenters.